The van der Waals surface area contributed by atoms with Gasteiger partial charge in [0.2, 0.25) is 0 Å². The number of thioether (sulfide) groups is 1. The van der Waals surface area contributed by atoms with Crippen molar-refractivity contribution >= 4 is 17.4 Å². The molecule has 0 amide bonds. The smallest absolute Gasteiger partial charge is 0.152 e. The summed E-state index contributed by atoms with van der Waals surface area (Å²) >= 11 is 1.81. The Morgan fingerprint density at radius 3 is 2.87 bits per heavy atom. The first-order chi connectivity index (χ1) is 7.18. The van der Waals surface area contributed by atoms with Crippen LogP contribution >= 0.6 is 11.8 Å². The van der Waals surface area contributed by atoms with Crippen LogP contribution < -0.4 is 5.32 Å². The summed E-state index contributed by atoms with van der Waals surface area (Å²) in [5.41, 5.74) is 0.507. The standard InChI is InChI=1S/C11H13F2NS/c1-7-2-3-9(12)11(10(7)13)14-8-4-5-15-6-8/h2-3,8,14H,4-6H2,1H3. The molecule has 1 saturated heterocycles. The first kappa shape index (κ1) is 10.7. The van der Waals surface area contributed by atoms with E-state index in [1.165, 1.54) is 12.1 Å². The molecule has 0 aromatic heterocycles. The number of benzene rings is 1. The van der Waals surface area contributed by atoms with Gasteiger partial charge < -0.3 is 5.32 Å². The Kier molecular flexibility index (Phi) is 3.14. The molecule has 4 heteroatoms. The van der Waals surface area contributed by atoms with E-state index in [1.54, 1.807) is 6.92 Å². The van der Waals surface area contributed by atoms with Crippen molar-refractivity contribution in [3.8, 4) is 0 Å². The third-order valence-corrected chi connectivity index (χ3v) is 3.72. The first-order valence-corrected chi connectivity index (χ1v) is 6.13. The van der Waals surface area contributed by atoms with Gasteiger partial charge >= 0.3 is 0 Å². The summed E-state index contributed by atoms with van der Waals surface area (Å²) in [5, 5.41) is 2.95. The van der Waals surface area contributed by atoms with Crippen molar-refractivity contribution in [1.82, 2.24) is 0 Å². The van der Waals surface area contributed by atoms with Crippen LogP contribution in [0, 0.1) is 18.6 Å². The predicted molar refractivity (Wildman–Crippen MR) is 60.4 cm³/mol. The van der Waals surface area contributed by atoms with Crippen LogP contribution in [0.25, 0.3) is 0 Å². The van der Waals surface area contributed by atoms with E-state index in [0.29, 0.717) is 5.56 Å². The SMILES string of the molecule is Cc1ccc(F)c(NC2CCSC2)c1F. The highest BCUT2D eigenvalue weighted by Crippen LogP contribution is 2.26. The van der Waals surface area contributed by atoms with Crippen molar-refractivity contribution in [2.45, 2.75) is 19.4 Å². The molecule has 1 fully saturated rings. The van der Waals surface area contributed by atoms with Crippen molar-refractivity contribution in [3.05, 3.63) is 29.3 Å². The molecule has 1 aromatic rings. The number of halogens is 2. The highest BCUT2D eigenvalue weighted by atomic mass is 32.2. The lowest BCUT2D eigenvalue weighted by Gasteiger charge is -2.15. The summed E-state index contributed by atoms with van der Waals surface area (Å²) in [7, 11) is 0. The van der Waals surface area contributed by atoms with Crippen LogP contribution in [-0.2, 0) is 0 Å². The second-order valence-electron chi connectivity index (χ2n) is 3.76. The Bertz CT molecular complexity index is 362. The van der Waals surface area contributed by atoms with E-state index in [1.807, 2.05) is 11.8 Å². The summed E-state index contributed by atoms with van der Waals surface area (Å²) in [4.78, 5) is 0. The molecule has 1 aliphatic rings. The molecule has 15 heavy (non-hydrogen) atoms. The van der Waals surface area contributed by atoms with Gasteiger partial charge in [-0.05, 0) is 30.7 Å². The van der Waals surface area contributed by atoms with Gasteiger partial charge in [0.05, 0.1) is 0 Å². The second kappa shape index (κ2) is 4.39. The molecule has 1 atom stereocenters. The Balaban J connectivity index is 2.22. The van der Waals surface area contributed by atoms with Crippen LogP contribution in [-0.4, -0.2) is 17.5 Å². The second-order valence-corrected chi connectivity index (χ2v) is 4.91. The molecular formula is C11H13F2NS. The maximum absolute atomic E-state index is 13.6. The number of hydrogen-bond donors (Lipinski definition) is 1. The van der Waals surface area contributed by atoms with Crippen LogP contribution in [0.1, 0.15) is 12.0 Å². The van der Waals surface area contributed by atoms with Gasteiger partial charge in [0.15, 0.2) is 5.82 Å². The molecule has 1 aromatic carbocycles. The molecule has 0 radical (unpaired) electrons. The summed E-state index contributed by atoms with van der Waals surface area (Å²) in [6.07, 6.45) is 0.970. The molecule has 0 bridgehead atoms. The van der Waals surface area contributed by atoms with Gasteiger partial charge in [0, 0.05) is 11.8 Å². The zero-order valence-corrected chi connectivity index (χ0v) is 9.33. The normalized spacial score (nSPS) is 20.6. The Labute approximate surface area is 92.3 Å². The number of hydrogen-bond acceptors (Lipinski definition) is 2. The minimum Gasteiger partial charge on any atom is -0.377 e. The molecular weight excluding hydrogens is 216 g/mol. The van der Waals surface area contributed by atoms with Gasteiger partial charge in [0.25, 0.3) is 0 Å². The highest BCUT2D eigenvalue weighted by molar-refractivity contribution is 7.99. The van der Waals surface area contributed by atoms with Crippen molar-refractivity contribution in [2.24, 2.45) is 0 Å². The predicted octanol–water partition coefficient (Wildman–Crippen LogP) is 3.19. The van der Waals surface area contributed by atoms with Gasteiger partial charge in [-0.3, -0.25) is 0 Å². The molecule has 1 N–H and O–H groups in total. The Morgan fingerprint density at radius 2 is 2.20 bits per heavy atom. The summed E-state index contributed by atoms with van der Waals surface area (Å²) < 4.78 is 27.0. The monoisotopic (exact) mass is 229 g/mol. The number of anilines is 1. The molecule has 1 aliphatic heterocycles. The van der Waals surface area contributed by atoms with E-state index in [4.69, 9.17) is 0 Å². The van der Waals surface area contributed by atoms with Gasteiger partial charge in [-0.25, -0.2) is 8.78 Å². The molecule has 0 saturated carbocycles. The van der Waals surface area contributed by atoms with Crippen LogP contribution in [0.3, 0.4) is 0 Å². The lowest BCUT2D eigenvalue weighted by molar-refractivity contribution is 0.578. The van der Waals surface area contributed by atoms with Gasteiger partial charge in [-0.15, -0.1) is 0 Å². The highest BCUT2D eigenvalue weighted by Gasteiger charge is 2.19. The van der Waals surface area contributed by atoms with Crippen molar-refractivity contribution < 1.29 is 8.78 Å². The van der Waals surface area contributed by atoms with Gasteiger partial charge in [-0.1, -0.05) is 6.07 Å². The van der Waals surface area contributed by atoms with Crippen molar-refractivity contribution in [3.63, 3.8) is 0 Å². The van der Waals surface area contributed by atoms with Crippen LogP contribution in [0.5, 0.6) is 0 Å². The lowest BCUT2D eigenvalue weighted by atomic mass is 10.1. The number of aryl methyl sites for hydroxylation is 1. The number of nitrogens with one attached hydrogen (secondary N) is 1. The first-order valence-electron chi connectivity index (χ1n) is 4.97. The van der Waals surface area contributed by atoms with Crippen LogP contribution in [0.2, 0.25) is 0 Å². The molecule has 1 unspecified atom stereocenters. The quantitative estimate of drug-likeness (QED) is 0.835. The number of rotatable bonds is 2. The fraction of sp³-hybridized carbons (Fsp3) is 0.455. The average molecular weight is 229 g/mol. The van der Waals surface area contributed by atoms with E-state index in [2.05, 4.69) is 5.32 Å². The zero-order valence-electron chi connectivity index (χ0n) is 8.52. The third kappa shape index (κ3) is 2.25. The average Bonchev–Trinajstić information content (AvgIpc) is 2.71. The molecule has 82 valence electrons. The van der Waals surface area contributed by atoms with E-state index in [9.17, 15) is 8.78 Å². The summed E-state index contributed by atoms with van der Waals surface area (Å²) in [6, 6.07) is 2.96. The maximum atomic E-state index is 13.6. The van der Waals surface area contributed by atoms with Crippen molar-refractivity contribution in [2.75, 3.05) is 16.8 Å². The van der Waals surface area contributed by atoms with E-state index in [0.717, 1.165) is 17.9 Å². The molecule has 1 heterocycles. The fourth-order valence-electron chi connectivity index (χ4n) is 1.64. The zero-order chi connectivity index (χ0) is 10.8. The summed E-state index contributed by atoms with van der Waals surface area (Å²) in [5.74, 6) is 1.02. The molecule has 0 spiro atoms. The molecule has 2 rings (SSSR count). The minimum absolute atomic E-state index is 0.0301. The minimum atomic E-state index is -0.505. The Hall–Kier alpha value is -0.770. The fourth-order valence-corrected chi connectivity index (χ4v) is 2.79. The molecule has 0 aliphatic carbocycles. The van der Waals surface area contributed by atoms with Crippen LogP contribution in [0.15, 0.2) is 12.1 Å². The lowest BCUT2D eigenvalue weighted by Crippen LogP contribution is -2.20. The topological polar surface area (TPSA) is 12.0 Å². The Morgan fingerprint density at radius 1 is 1.40 bits per heavy atom. The third-order valence-electron chi connectivity index (χ3n) is 2.56. The summed E-state index contributed by atoms with van der Waals surface area (Å²) in [6.45, 7) is 1.64. The largest absolute Gasteiger partial charge is 0.377 e. The molecule has 1 nitrogen and oxygen atoms in total. The van der Waals surface area contributed by atoms with Gasteiger partial charge in [-0.2, -0.15) is 11.8 Å². The van der Waals surface area contributed by atoms with Gasteiger partial charge in [0.1, 0.15) is 11.5 Å². The van der Waals surface area contributed by atoms with E-state index in [-0.39, 0.29) is 11.7 Å². The maximum Gasteiger partial charge on any atom is 0.152 e. The van der Waals surface area contributed by atoms with Crippen molar-refractivity contribution in [1.29, 1.82) is 0 Å². The van der Waals surface area contributed by atoms with E-state index >= 15 is 0 Å². The van der Waals surface area contributed by atoms with E-state index < -0.39 is 11.6 Å². The van der Waals surface area contributed by atoms with Crippen LogP contribution in [0.4, 0.5) is 14.5 Å².